The molecule has 1 radical (unpaired) electrons. The lowest BCUT2D eigenvalue weighted by Gasteiger charge is -2.02. The predicted octanol–water partition coefficient (Wildman–Crippen LogP) is 0.0262. The summed E-state index contributed by atoms with van der Waals surface area (Å²) in [6.07, 6.45) is 7.72. The smallest absolute Gasteiger partial charge is 0.164 e. The molecule has 0 aromatic carbocycles. The van der Waals surface area contributed by atoms with E-state index in [1.807, 2.05) is 0 Å². The van der Waals surface area contributed by atoms with Gasteiger partial charge in [0.1, 0.15) is 6.04 Å². The molecule has 1 unspecified atom stereocenters. The summed E-state index contributed by atoms with van der Waals surface area (Å²) in [5, 5.41) is 2.89. The van der Waals surface area contributed by atoms with Crippen molar-refractivity contribution in [3.63, 3.8) is 0 Å². The van der Waals surface area contributed by atoms with Crippen LogP contribution in [-0.4, -0.2) is 22.9 Å². The van der Waals surface area contributed by atoms with Gasteiger partial charge in [-0.25, -0.2) is 0 Å². The Morgan fingerprint density at radius 2 is 2.55 bits per heavy atom. The third-order valence-corrected chi connectivity index (χ3v) is 1.52. The van der Waals surface area contributed by atoms with Crippen molar-refractivity contribution in [2.75, 3.05) is 6.54 Å². The molecule has 1 aliphatic rings. The van der Waals surface area contributed by atoms with Crippen LogP contribution in [0.25, 0.3) is 0 Å². The number of aliphatic imine (C=N–C) groups is 1. The molecule has 0 fully saturated rings. The second-order valence-electron chi connectivity index (χ2n) is 2.27. The zero-order valence-electron chi connectivity index (χ0n) is 5.86. The highest BCUT2D eigenvalue weighted by Gasteiger charge is 2.13. The molecule has 55 valence electrons. The first-order chi connectivity index (χ1) is 5.47. The van der Waals surface area contributed by atoms with Crippen LogP contribution in [-0.2, 0) is 0 Å². The summed E-state index contributed by atoms with van der Waals surface area (Å²) < 4.78 is 0. The Hall–Kier alpha value is -1.45. The fraction of sp³-hybridized carbons (Fsp3) is 0.286. The normalized spacial score (nSPS) is 21.6. The van der Waals surface area contributed by atoms with E-state index in [0.29, 0.717) is 0 Å². The highest BCUT2D eigenvalue weighted by atomic mass is 15.1. The number of hydrogen-bond donors (Lipinski definition) is 1. The first-order valence-electron chi connectivity index (χ1n) is 3.40. The highest BCUT2D eigenvalue weighted by Crippen LogP contribution is 2.13. The largest absolute Gasteiger partial charge is 0.365 e. The van der Waals surface area contributed by atoms with E-state index < -0.39 is 0 Å². The van der Waals surface area contributed by atoms with Gasteiger partial charge in [0.25, 0.3) is 0 Å². The van der Waals surface area contributed by atoms with Gasteiger partial charge in [0.2, 0.25) is 0 Å². The first kappa shape index (κ1) is 6.27. The van der Waals surface area contributed by atoms with E-state index in [0.717, 1.165) is 12.2 Å². The molecular formula is C7H7N4. The van der Waals surface area contributed by atoms with Gasteiger partial charge in [0.05, 0.1) is 11.9 Å². The molecule has 1 aromatic heterocycles. The Labute approximate surface area is 64.4 Å². The summed E-state index contributed by atoms with van der Waals surface area (Å²) >= 11 is 0. The third-order valence-electron chi connectivity index (χ3n) is 1.52. The van der Waals surface area contributed by atoms with E-state index >= 15 is 0 Å². The molecule has 0 bridgehead atoms. The second-order valence-corrected chi connectivity index (χ2v) is 2.27. The molecule has 1 aliphatic heterocycles. The standard InChI is InChI=1S/C7H7N4/c1-2-10-6(3-8-1)7-4-9-5-11-7/h1-3,7H,4H2,(H,9,11). The van der Waals surface area contributed by atoms with Gasteiger partial charge in [-0.2, -0.15) is 0 Å². The minimum Gasteiger partial charge on any atom is -0.365 e. The number of aromatic nitrogens is 2. The fourth-order valence-electron chi connectivity index (χ4n) is 0.965. The van der Waals surface area contributed by atoms with Crippen LogP contribution in [0.2, 0.25) is 0 Å². The summed E-state index contributed by atoms with van der Waals surface area (Å²) in [4.78, 5) is 12.1. The van der Waals surface area contributed by atoms with Crippen molar-refractivity contribution in [2.45, 2.75) is 6.04 Å². The Kier molecular flexibility index (Phi) is 1.51. The monoisotopic (exact) mass is 147 g/mol. The number of rotatable bonds is 1. The topological polar surface area (TPSA) is 50.2 Å². The zero-order chi connectivity index (χ0) is 7.52. The molecular weight excluding hydrogens is 140 g/mol. The molecule has 4 nitrogen and oxygen atoms in total. The average Bonchev–Trinajstić information content (AvgIpc) is 2.58. The molecule has 0 amide bonds. The van der Waals surface area contributed by atoms with Gasteiger partial charge in [0, 0.05) is 18.9 Å². The Morgan fingerprint density at radius 1 is 1.55 bits per heavy atom. The van der Waals surface area contributed by atoms with Gasteiger partial charge in [-0.15, -0.1) is 0 Å². The molecule has 2 heterocycles. The second kappa shape index (κ2) is 2.65. The van der Waals surface area contributed by atoms with Crippen molar-refractivity contribution in [1.29, 1.82) is 0 Å². The van der Waals surface area contributed by atoms with Crippen LogP contribution in [0.1, 0.15) is 11.7 Å². The predicted molar refractivity (Wildman–Crippen MR) is 40.2 cm³/mol. The van der Waals surface area contributed by atoms with Crippen molar-refractivity contribution in [3.05, 3.63) is 24.3 Å². The summed E-state index contributed by atoms with van der Waals surface area (Å²) in [5.74, 6) is 0. The summed E-state index contributed by atoms with van der Waals surface area (Å²) in [7, 11) is 0. The number of nitrogens with one attached hydrogen (secondary N) is 1. The van der Waals surface area contributed by atoms with Gasteiger partial charge in [-0.05, 0) is 0 Å². The maximum Gasteiger partial charge on any atom is 0.164 e. The van der Waals surface area contributed by atoms with E-state index in [2.05, 4.69) is 26.6 Å². The molecule has 4 heteroatoms. The quantitative estimate of drug-likeness (QED) is 0.609. The lowest BCUT2D eigenvalue weighted by Crippen LogP contribution is -2.10. The summed E-state index contributed by atoms with van der Waals surface area (Å²) in [6, 6.07) is 0.101. The van der Waals surface area contributed by atoms with Crippen LogP contribution in [0.5, 0.6) is 0 Å². The minimum atomic E-state index is 0.101. The molecule has 2 rings (SSSR count). The lowest BCUT2D eigenvalue weighted by molar-refractivity contribution is 0.720. The van der Waals surface area contributed by atoms with Gasteiger partial charge < -0.3 is 5.32 Å². The van der Waals surface area contributed by atoms with Gasteiger partial charge >= 0.3 is 0 Å². The van der Waals surface area contributed by atoms with Gasteiger partial charge in [-0.3, -0.25) is 15.0 Å². The Balaban J connectivity index is 2.23. The summed E-state index contributed by atoms with van der Waals surface area (Å²) in [5.41, 5.74) is 0.894. The fourth-order valence-corrected chi connectivity index (χ4v) is 0.965. The Morgan fingerprint density at radius 3 is 3.18 bits per heavy atom. The molecule has 0 spiro atoms. The number of hydrogen-bond acceptors (Lipinski definition) is 4. The Bertz CT molecular complexity index is 256. The van der Waals surface area contributed by atoms with Crippen LogP contribution in [0.4, 0.5) is 0 Å². The lowest BCUT2D eigenvalue weighted by atomic mass is 10.2. The van der Waals surface area contributed by atoms with E-state index in [-0.39, 0.29) is 6.04 Å². The van der Waals surface area contributed by atoms with E-state index in [1.165, 1.54) is 0 Å². The van der Waals surface area contributed by atoms with Gasteiger partial charge in [0.15, 0.2) is 6.34 Å². The average molecular weight is 147 g/mol. The van der Waals surface area contributed by atoms with Crippen molar-refractivity contribution >= 4 is 6.34 Å². The van der Waals surface area contributed by atoms with Crippen LogP contribution >= 0.6 is 0 Å². The van der Waals surface area contributed by atoms with Crippen molar-refractivity contribution < 1.29 is 0 Å². The van der Waals surface area contributed by atoms with E-state index in [9.17, 15) is 0 Å². The maximum absolute atomic E-state index is 4.12. The van der Waals surface area contributed by atoms with Crippen LogP contribution in [0.3, 0.4) is 0 Å². The van der Waals surface area contributed by atoms with E-state index in [4.69, 9.17) is 0 Å². The van der Waals surface area contributed by atoms with Crippen molar-refractivity contribution in [2.24, 2.45) is 4.99 Å². The SMILES string of the molecule is [C]1=NC(c2cnccn2)CN1. The minimum absolute atomic E-state index is 0.101. The van der Waals surface area contributed by atoms with Crippen LogP contribution in [0, 0.1) is 0 Å². The van der Waals surface area contributed by atoms with Gasteiger partial charge in [-0.1, -0.05) is 0 Å². The zero-order valence-corrected chi connectivity index (χ0v) is 5.86. The summed E-state index contributed by atoms with van der Waals surface area (Å²) in [6.45, 7) is 0.776. The molecule has 0 aliphatic carbocycles. The molecule has 1 atom stereocenters. The van der Waals surface area contributed by atoms with E-state index in [1.54, 1.807) is 18.6 Å². The number of nitrogens with zero attached hydrogens (tertiary/aromatic N) is 3. The molecule has 0 saturated heterocycles. The molecule has 0 saturated carbocycles. The highest BCUT2D eigenvalue weighted by molar-refractivity contribution is 5.57. The van der Waals surface area contributed by atoms with Crippen molar-refractivity contribution in [1.82, 2.24) is 15.3 Å². The van der Waals surface area contributed by atoms with Crippen molar-refractivity contribution in [3.8, 4) is 0 Å². The first-order valence-corrected chi connectivity index (χ1v) is 3.40. The van der Waals surface area contributed by atoms with Crippen LogP contribution < -0.4 is 5.32 Å². The molecule has 1 aromatic rings. The third kappa shape index (κ3) is 1.19. The van der Waals surface area contributed by atoms with Crippen LogP contribution in [0.15, 0.2) is 23.6 Å². The maximum atomic E-state index is 4.12. The molecule has 1 N–H and O–H groups in total. The molecule has 11 heavy (non-hydrogen) atoms.